The molecule has 3 unspecified atom stereocenters. The fourth-order valence-corrected chi connectivity index (χ4v) is 4.77. The number of rotatable bonds is 2. The second-order valence-electron chi connectivity index (χ2n) is 4.48. The van der Waals surface area contributed by atoms with Crippen molar-refractivity contribution in [3.8, 4) is 5.88 Å². The van der Waals surface area contributed by atoms with Gasteiger partial charge in [0, 0.05) is 16.3 Å². The Morgan fingerprint density at radius 3 is 2.72 bits per heavy atom. The van der Waals surface area contributed by atoms with E-state index < -0.39 is 0 Å². The molecular formula is C12H18N2O2S2. The van der Waals surface area contributed by atoms with Gasteiger partial charge >= 0.3 is 0 Å². The van der Waals surface area contributed by atoms with E-state index in [2.05, 4.69) is 23.8 Å². The standard InChI is InChI=1S/C12H18N2O2S2/c1-4-8-11(15)13-10(14-12(8)16)9-5-17-6(2)7(3)18-9/h6-7,9H,4-5H2,1-3H3,(H2,13,14,15,16). The molecule has 2 N–H and O–H groups in total. The molecule has 0 bridgehead atoms. The van der Waals surface area contributed by atoms with Crippen molar-refractivity contribution < 1.29 is 5.11 Å². The molecule has 0 amide bonds. The van der Waals surface area contributed by atoms with Crippen LogP contribution in [0.2, 0.25) is 0 Å². The van der Waals surface area contributed by atoms with Gasteiger partial charge in [-0.15, -0.1) is 11.8 Å². The lowest BCUT2D eigenvalue weighted by atomic mass is 10.2. The fraction of sp³-hybridized carbons (Fsp3) is 0.667. The Labute approximate surface area is 115 Å². The van der Waals surface area contributed by atoms with E-state index in [4.69, 9.17) is 0 Å². The topological polar surface area (TPSA) is 66.0 Å². The van der Waals surface area contributed by atoms with Crippen LogP contribution in [0.3, 0.4) is 0 Å². The van der Waals surface area contributed by atoms with E-state index in [9.17, 15) is 9.90 Å². The average molecular weight is 286 g/mol. The fourth-order valence-electron chi connectivity index (χ4n) is 1.90. The van der Waals surface area contributed by atoms with Crippen molar-refractivity contribution in [2.75, 3.05) is 5.75 Å². The molecule has 3 atom stereocenters. The smallest absolute Gasteiger partial charge is 0.257 e. The second kappa shape index (κ2) is 5.57. The first-order valence-corrected chi connectivity index (χ1v) is 8.11. The predicted molar refractivity (Wildman–Crippen MR) is 77.6 cm³/mol. The van der Waals surface area contributed by atoms with Crippen molar-refractivity contribution in [1.82, 2.24) is 9.97 Å². The Hall–Kier alpha value is -0.620. The molecule has 0 aromatic carbocycles. The number of aromatic nitrogens is 2. The first kappa shape index (κ1) is 13.8. The highest BCUT2D eigenvalue weighted by Crippen LogP contribution is 2.43. The van der Waals surface area contributed by atoms with Crippen molar-refractivity contribution in [3.05, 3.63) is 21.7 Å². The molecule has 2 rings (SSSR count). The summed E-state index contributed by atoms with van der Waals surface area (Å²) in [6.07, 6.45) is 0.494. The van der Waals surface area contributed by atoms with Crippen LogP contribution in [0.4, 0.5) is 0 Å². The molecule has 0 radical (unpaired) electrons. The lowest BCUT2D eigenvalue weighted by molar-refractivity contribution is 0.440. The number of aromatic amines is 1. The first-order valence-electron chi connectivity index (χ1n) is 6.12. The zero-order valence-electron chi connectivity index (χ0n) is 10.8. The molecule has 1 aliphatic heterocycles. The minimum atomic E-state index is -0.211. The normalized spacial score (nSPS) is 28.3. The van der Waals surface area contributed by atoms with E-state index in [-0.39, 0.29) is 16.7 Å². The number of aromatic hydroxyl groups is 1. The molecule has 18 heavy (non-hydrogen) atoms. The lowest BCUT2D eigenvalue weighted by Crippen LogP contribution is -2.25. The largest absolute Gasteiger partial charge is 0.493 e. The molecule has 1 saturated heterocycles. The van der Waals surface area contributed by atoms with Crippen LogP contribution in [0, 0.1) is 0 Å². The Bertz CT molecular complexity index is 489. The maximum Gasteiger partial charge on any atom is 0.257 e. The second-order valence-corrected chi connectivity index (χ2v) is 7.47. The molecule has 6 heteroatoms. The van der Waals surface area contributed by atoms with E-state index in [0.717, 1.165) is 5.75 Å². The van der Waals surface area contributed by atoms with Gasteiger partial charge in [0.25, 0.3) is 5.56 Å². The van der Waals surface area contributed by atoms with Gasteiger partial charge in [0.05, 0.1) is 10.8 Å². The van der Waals surface area contributed by atoms with Crippen molar-refractivity contribution in [1.29, 1.82) is 0 Å². The molecule has 1 aromatic heterocycles. The maximum atomic E-state index is 11.8. The summed E-state index contributed by atoms with van der Waals surface area (Å²) in [6, 6.07) is 0. The Morgan fingerprint density at radius 2 is 2.17 bits per heavy atom. The number of nitrogens with one attached hydrogen (secondary N) is 1. The summed E-state index contributed by atoms with van der Waals surface area (Å²) < 4.78 is 0. The van der Waals surface area contributed by atoms with Crippen molar-refractivity contribution in [3.63, 3.8) is 0 Å². The summed E-state index contributed by atoms with van der Waals surface area (Å²) >= 11 is 3.70. The zero-order valence-corrected chi connectivity index (χ0v) is 12.4. The summed E-state index contributed by atoms with van der Waals surface area (Å²) in [7, 11) is 0. The van der Waals surface area contributed by atoms with Crippen LogP contribution in [0.25, 0.3) is 0 Å². The third kappa shape index (κ3) is 2.69. The van der Waals surface area contributed by atoms with Gasteiger partial charge in [0.1, 0.15) is 5.82 Å². The molecule has 1 aliphatic rings. The van der Waals surface area contributed by atoms with Crippen LogP contribution in [-0.2, 0) is 6.42 Å². The van der Waals surface area contributed by atoms with Crippen LogP contribution < -0.4 is 5.56 Å². The zero-order chi connectivity index (χ0) is 13.3. The Kier molecular flexibility index (Phi) is 4.27. The molecule has 1 aromatic rings. The molecule has 0 saturated carbocycles. The molecular weight excluding hydrogens is 268 g/mol. The molecule has 100 valence electrons. The van der Waals surface area contributed by atoms with E-state index >= 15 is 0 Å². The number of hydrogen-bond donors (Lipinski definition) is 2. The van der Waals surface area contributed by atoms with Crippen LogP contribution >= 0.6 is 23.5 Å². The van der Waals surface area contributed by atoms with Gasteiger partial charge in [-0.1, -0.05) is 20.8 Å². The third-order valence-electron chi connectivity index (χ3n) is 3.22. The average Bonchev–Trinajstić information content (AvgIpc) is 2.32. The van der Waals surface area contributed by atoms with Crippen molar-refractivity contribution in [2.45, 2.75) is 42.9 Å². The molecule has 1 fully saturated rings. The monoisotopic (exact) mass is 286 g/mol. The quantitative estimate of drug-likeness (QED) is 0.873. The maximum absolute atomic E-state index is 11.8. The van der Waals surface area contributed by atoms with Gasteiger partial charge in [-0.2, -0.15) is 16.7 Å². The summed E-state index contributed by atoms with van der Waals surface area (Å²) in [4.78, 5) is 18.8. The summed E-state index contributed by atoms with van der Waals surface area (Å²) in [5.74, 6) is 1.41. The van der Waals surface area contributed by atoms with Crippen LogP contribution in [0.15, 0.2) is 4.79 Å². The van der Waals surface area contributed by atoms with Crippen molar-refractivity contribution in [2.24, 2.45) is 0 Å². The van der Waals surface area contributed by atoms with Gasteiger partial charge in [-0.05, 0) is 6.42 Å². The number of thioether (sulfide) groups is 2. The predicted octanol–water partition coefficient (Wildman–Crippen LogP) is 2.34. The third-order valence-corrected chi connectivity index (χ3v) is 6.62. The number of hydrogen-bond acceptors (Lipinski definition) is 5. The van der Waals surface area contributed by atoms with Crippen LogP contribution in [0.5, 0.6) is 5.88 Å². The Balaban J connectivity index is 2.27. The highest BCUT2D eigenvalue weighted by atomic mass is 32.2. The highest BCUT2D eigenvalue weighted by molar-refractivity contribution is 8.07. The van der Waals surface area contributed by atoms with Crippen LogP contribution in [0.1, 0.15) is 37.4 Å². The Morgan fingerprint density at radius 1 is 1.44 bits per heavy atom. The molecule has 0 spiro atoms. The number of nitrogens with zero attached hydrogens (tertiary/aromatic N) is 1. The van der Waals surface area contributed by atoms with E-state index in [0.29, 0.717) is 28.3 Å². The van der Waals surface area contributed by atoms with E-state index in [1.54, 1.807) is 0 Å². The van der Waals surface area contributed by atoms with Gasteiger partial charge in [0.2, 0.25) is 5.88 Å². The van der Waals surface area contributed by atoms with Gasteiger partial charge in [0.15, 0.2) is 0 Å². The van der Waals surface area contributed by atoms with Crippen LogP contribution in [-0.4, -0.2) is 31.3 Å². The number of H-pyrrole nitrogens is 1. The van der Waals surface area contributed by atoms with E-state index in [1.165, 1.54) is 0 Å². The van der Waals surface area contributed by atoms with Gasteiger partial charge in [-0.25, -0.2) is 0 Å². The summed E-state index contributed by atoms with van der Waals surface area (Å²) in [5, 5.41) is 11.1. The summed E-state index contributed by atoms with van der Waals surface area (Å²) in [5.41, 5.74) is 0.158. The SMILES string of the molecule is CCc1c(O)nc(C2CSC(C)C(C)S2)[nH]c1=O. The summed E-state index contributed by atoms with van der Waals surface area (Å²) in [6.45, 7) is 6.24. The minimum absolute atomic E-state index is 0.117. The van der Waals surface area contributed by atoms with Crippen molar-refractivity contribution >= 4 is 23.5 Å². The molecule has 2 heterocycles. The molecule has 0 aliphatic carbocycles. The van der Waals surface area contributed by atoms with E-state index in [1.807, 2.05) is 30.4 Å². The van der Waals surface area contributed by atoms with Gasteiger partial charge in [-0.3, -0.25) is 4.79 Å². The minimum Gasteiger partial charge on any atom is -0.493 e. The molecule has 4 nitrogen and oxygen atoms in total. The van der Waals surface area contributed by atoms with Gasteiger partial charge < -0.3 is 10.1 Å². The highest BCUT2D eigenvalue weighted by Gasteiger charge is 2.28. The first-order chi connectivity index (χ1) is 8.52. The lowest BCUT2D eigenvalue weighted by Gasteiger charge is -2.30.